The molecule has 2 fully saturated rings. The fourth-order valence-electron chi connectivity index (χ4n) is 9.58. The van der Waals surface area contributed by atoms with E-state index in [1.807, 2.05) is 111 Å². The number of benzene rings is 4. The van der Waals surface area contributed by atoms with Gasteiger partial charge in [0.05, 0.1) is 18.2 Å². The van der Waals surface area contributed by atoms with Gasteiger partial charge in [0, 0.05) is 50.8 Å². The molecule has 3 heterocycles. The van der Waals surface area contributed by atoms with Gasteiger partial charge in [-0.25, -0.2) is 13.8 Å². The lowest BCUT2D eigenvalue weighted by atomic mass is 9.81. The second-order valence-electron chi connectivity index (χ2n) is 17.0. The lowest BCUT2D eigenvalue weighted by Gasteiger charge is -2.39. The Morgan fingerprint density at radius 2 is 1.51 bits per heavy atom. The highest BCUT2D eigenvalue weighted by atomic mass is 19.1. The van der Waals surface area contributed by atoms with Crippen LogP contribution < -0.4 is 15.4 Å². The first-order valence-corrected chi connectivity index (χ1v) is 22.0. The highest BCUT2D eigenvalue weighted by Crippen LogP contribution is 2.39. The lowest BCUT2D eigenvalue weighted by Crippen LogP contribution is -2.61. The normalized spacial score (nSPS) is 20.9. The van der Waals surface area contributed by atoms with Gasteiger partial charge in [0.1, 0.15) is 29.3 Å². The van der Waals surface area contributed by atoms with Crippen LogP contribution in [-0.4, -0.2) is 86.6 Å². The average Bonchev–Trinajstić information content (AvgIpc) is 3.84. The number of hydrogen-bond donors (Lipinski definition) is 3. The van der Waals surface area contributed by atoms with E-state index in [2.05, 4.69) is 20.5 Å². The molecule has 2 aliphatic heterocycles. The third-order valence-electron chi connectivity index (χ3n) is 12.8. The van der Waals surface area contributed by atoms with Crippen molar-refractivity contribution in [3.05, 3.63) is 167 Å². The third-order valence-corrected chi connectivity index (χ3v) is 12.8. The summed E-state index contributed by atoms with van der Waals surface area (Å²) in [5, 5.41) is 19.0. The van der Waals surface area contributed by atoms with Crippen LogP contribution in [0.4, 0.5) is 8.78 Å². The van der Waals surface area contributed by atoms with Crippen molar-refractivity contribution >= 4 is 17.7 Å². The van der Waals surface area contributed by atoms with Gasteiger partial charge in [-0.1, -0.05) is 117 Å². The summed E-state index contributed by atoms with van der Waals surface area (Å²) in [5.74, 6) is -2.55. The van der Waals surface area contributed by atoms with Gasteiger partial charge in [-0.15, -0.1) is 0 Å². The van der Waals surface area contributed by atoms with E-state index in [9.17, 15) is 23.5 Å². The van der Waals surface area contributed by atoms with Gasteiger partial charge >= 0.3 is 0 Å². The van der Waals surface area contributed by atoms with Crippen LogP contribution in [0.3, 0.4) is 0 Å². The van der Waals surface area contributed by atoms with Gasteiger partial charge in [-0.05, 0) is 72.1 Å². The van der Waals surface area contributed by atoms with Crippen LogP contribution in [0.25, 0.3) is 0 Å². The molecule has 4 aromatic carbocycles. The van der Waals surface area contributed by atoms with Crippen LogP contribution in [0.1, 0.15) is 74.8 Å². The van der Waals surface area contributed by atoms with Gasteiger partial charge in [0.15, 0.2) is 0 Å². The largest absolute Gasteiger partial charge is 0.473 e. The van der Waals surface area contributed by atoms with Gasteiger partial charge < -0.3 is 25.4 Å². The summed E-state index contributed by atoms with van der Waals surface area (Å²) in [6, 6.07) is 35.1. The smallest absolute Gasteiger partial charge is 0.249 e. The van der Waals surface area contributed by atoms with Crippen molar-refractivity contribution in [2.24, 2.45) is 5.92 Å². The fourth-order valence-corrected chi connectivity index (χ4v) is 9.58. The first kappa shape index (κ1) is 45.1. The molecule has 63 heavy (non-hydrogen) atoms. The summed E-state index contributed by atoms with van der Waals surface area (Å²) in [7, 11) is 0. The number of pyridine rings is 1. The molecule has 0 spiro atoms. The summed E-state index contributed by atoms with van der Waals surface area (Å²) >= 11 is 0. The number of carbonyl (C=O) groups excluding carboxylic acids is 3. The molecule has 12 heteroatoms. The van der Waals surface area contributed by atoms with E-state index in [0.717, 1.165) is 22.8 Å². The minimum Gasteiger partial charge on any atom is -0.473 e. The van der Waals surface area contributed by atoms with Crippen molar-refractivity contribution in [3.8, 4) is 5.88 Å². The lowest BCUT2D eigenvalue weighted by molar-refractivity contribution is -0.144. The number of nitrogens with one attached hydrogen (secondary N) is 2. The van der Waals surface area contributed by atoms with Crippen LogP contribution in [0.2, 0.25) is 0 Å². The molecule has 330 valence electrons. The average molecular weight is 858 g/mol. The molecule has 0 aliphatic carbocycles. The number of likely N-dealkylation sites (tertiary alicyclic amines) is 2. The van der Waals surface area contributed by atoms with Gasteiger partial charge in [0.25, 0.3) is 0 Å². The highest BCUT2D eigenvalue weighted by Gasteiger charge is 2.53. The summed E-state index contributed by atoms with van der Waals surface area (Å²) in [4.78, 5) is 50.5. The zero-order chi connectivity index (χ0) is 44.5. The predicted molar refractivity (Wildman–Crippen MR) is 237 cm³/mol. The van der Waals surface area contributed by atoms with E-state index >= 15 is 4.79 Å². The van der Waals surface area contributed by atoms with E-state index in [1.54, 1.807) is 23.2 Å². The summed E-state index contributed by atoms with van der Waals surface area (Å²) in [5.41, 5.74) is 1.97. The second-order valence-corrected chi connectivity index (χ2v) is 17.0. The third kappa shape index (κ3) is 10.6. The molecule has 2 saturated heterocycles. The number of ether oxygens (including phenoxy) is 1. The maximum atomic E-state index is 15.1. The molecular weight excluding hydrogens is 801 g/mol. The SMILES string of the molecule is CC[C@@H](C)[C@@]1(NC(C)=O)CCN([C@@H](CCc2ccccc2)C(=O)N[C@@H](Cc2cc(F)cc(F)c2)[C@H](O)[C@H]2C[C@H](Oc3ccccn3)CN2C(c2ccccc2)c2ccccc2)C1=O. The number of hydrogen-bond acceptors (Lipinski definition) is 7. The standard InChI is InChI=1S/C51H57F2N5O5/c1-4-34(2)51(56-35(3)59)25-27-57(50(51)62)44(24-23-36-16-8-5-9-17-36)49(61)55-43(30-37-28-40(52)31-41(53)29-37)48(60)45-32-42(63-46-22-14-15-26-54-46)33-58(45)47(38-18-10-6-11-19-38)39-20-12-7-13-21-39/h5-22,26,28-29,31,34,42-45,47-48,60H,4,23-25,27,30,32-33H2,1-3H3,(H,55,61)(H,56,59)/t34-,42+,43+,44+,45-,48+,51+/m1/s1. The van der Waals surface area contributed by atoms with Gasteiger partial charge in [-0.2, -0.15) is 0 Å². The van der Waals surface area contributed by atoms with E-state index in [1.165, 1.54) is 19.1 Å². The number of aryl methyl sites for hydroxylation is 1. The number of halogens is 2. The number of aliphatic hydroxyl groups excluding tert-OH is 1. The number of carbonyl (C=O) groups is 3. The van der Waals surface area contributed by atoms with E-state index in [0.29, 0.717) is 38.1 Å². The summed E-state index contributed by atoms with van der Waals surface area (Å²) in [6.45, 7) is 5.88. The minimum absolute atomic E-state index is 0.124. The van der Waals surface area contributed by atoms with Crippen LogP contribution in [-0.2, 0) is 27.2 Å². The molecule has 7 rings (SSSR count). The molecule has 0 unspecified atom stereocenters. The zero-order valence-electron chi connectivity index (χ0n) is 36.1. The molecule has 3 N–H and O–H groups in total. The monoisotopic (exact) mass is 857 g/mol. The molecule has 0 bridgehead atoms. The molecule has 1 aromatic heterocycles. The molecule has 2 aliphatic rings. The predicted octanol–water partition coefficient (Wildman–Crippen LogP) is 7.21. The highest BCUT2D eigenvalue weighted by molar-refractivity contribution is 5.96. The van der Waals surface area contributed by atoms with E-state index < -0.39 is 53.4 Å². The molecule has 5 aromatic rings. The number of rotatable bonds is 18. The van der Waals surface area contributed by atoms with Crippen molar-refractivity contribution in [1.82, 2.24) is 25.4 Å². The van der Waals surface area contributed by atoms with Gasteiger partial charge in [-0.3, -0.25) is 19.3 Å². The first-order chi connectivity index (χ1) is 30.4. The van der Waals surface area contributed by atoms with Crippen LogP contribution in [0.5, 0.6) is 5.88 Å². The molecular formula is C51H57F2N5O5. The number of aromatic nitrogens is 1. The molecule has 10 nitrogen and oxygen atoms in total. The minimum atomic E-state index is -1.31. The van der Waals surface area contributed by atoms with Crippen LogP contribution in [0.15, 0.2) is 134 Å². The Bertz CT molecular complexity index is 2230. The van der Waals surface area contributed by atoms with Crippen molar-refractivity contribution in [1.29, 1.82) is 0 Å². The Kier molecular flexibility index (Phi) is 14.6. The maximum absolute atomic E-state index is 15.1. The van der Waals surface area contributed by atoms with Crippen LogP contribution in [0, 0.1) is 17.6 Å². The van der Waals surface area contributed by atoms with Crippen molar-refractivity contribution in [3.63, 3.8) is 0 Å². The first-order valence-electron chi connectivity index (χ1n) is 22.0. The van der Waals surface area contributed by atoms with Crippen molar-refractivity contribution in [2.75, 3.05) is 13.1 Å². The Morgan fingerprint density at radius 1 is 0.889 bits per heavy atom. The number of aliphatic hydroxyl groups is 1. The molecule has 0 saturated carbocycles. The summed E-state index contributed by atoms with van der Waals surface area (Å²) in [6.07, 6.45) is 1.76. The Labute approximate surface area is 368 Å². The summed E-state index contributed by atoms with van der Waals surface area (Å²) < 4.78 is 36.2. The Hall–Kier alpha value is -5.98. The quantitative estimate of drug-likeness (QED) is 0.0852. The van der Waals surface area contributed by atoms with E-state index in [-0.39, 0.29) is 48.7 Å². The van der Waals surface area contributed by atoms with Crippen molar-refractivity contribution in [2.45, 2.75) is 101 Å². The zero-order valence-corrected chi connectivity index (χ0v) is 36.1. The van der Waals surface area contributed by atoms with Crippen molar-refractivity contribution < 1.29 is 33.0 Å². The molecule has 0 radical (unpaired) electrons. The molecule has 7 atom stereocenters. The van der Waals surface area contributed by atoms with E-state index in [4.69, 9.17) is 4.74 Å². The maximum Gasteiger partial charge on any atom is 0.249 e. The fraction of sp³-hybridized carbons (Fsp3) is 0.373. The topological polar surface area (TPSA) is 124 Å². The Morgan fingerprint density at radius 3 is 2.10 bits per heavy atom. The number of nitrogens with zero attached hydrogens (tertiary/aromatic N) is 3. The number of amides is 3. The molecule has 3 amide bonds. The Balaban J connectivity index is 1.27. The van der Waals surface area contributed by atoms with Gasteiger partial charge in [0.2, 0.25) is 23.6 Å². The van der Waals surface area contributed by atoms with Crippen LogP contribution >= 0.6 is 0 Å². The second kappa shape index (κ2) is 20.5.